The van der Waals surface area contributed by atoms with Gasteiger partial charge in [0, 0.05) is 25.1 Å². The normalized spacial score (nSPS) is 14.2. The predicted octanol–water partition coefficient (Wildman–Crippen LogP) is 2.75. The maximum atomic E-state index is 12.7. The van der Waals surface area contributed by atoms with Gasteiger partial charge < -0.3 is 9.47 Å². The number of hydrogen-bond acceptors (Lipinski definition) is 3. The second kappa shape index (κ2) is 6.14. The van der Waals surface area contributed by atoms with Crippen molar-refractivity contribution in [1.29, 1.82) is 0 Å². The molecule has 1 amide bonds. The highest BCUT2D eigenvalue weighted by Gasteiger charge is 2.25. The van der Waals surface area contributed by atoms with E-state index in [0.29, 0.717) is 19.0 Å². The number of amides is 1. The summed E-state index contributed by atoms with van der Waals surface area (Å²) in [6.07, 6.45) is 0.929. The van der Waals surface area contributed by atoms with Crippen LogP contribution in [0.15, 0.2) is 18.2 Å². The Morgan fingerprint density at radius 2 is 1.96 bits per heavy atom. The summed E-state index contributed by atoms with van der Waals surface area (Å²) in [5.74, 6) is 2.56. The average molecular weight is 312 g/mol. The van der Waals surface area contributed by atoms with E-state index >= 15 is 0 Å². The SMILES string of the molecule is Cc1ccc(C(=O)N2CCn3c(CC(C)C)nnc3C2)cc1C. The summed E-state index contributed by atoms with van der Waals surface area (Å²) in [6.45, 7) is 10.5. The quantitative estimate of drug-likeness (QED) is 0.875. The van der Waals surface area contributed by atoms with Crippen molar-refractivity contribution in [2.75, 3.05) is 6.54 Å². The number of carbonyl (C=O) groups is 1. The van der Waals surface area contributed by atoms with Crippen molar-refractivity contribution in [2.45, 2.75) is 47.2 Å². The summed E-state index contributed by atoms with van der Waals surface area (Å²) in [5, 5.41) is 8.59. The van der Waals surface area contributed by atoms with E-state index in [9.17, 15) is 4.79 Å². The van der Waals surface area contributed by atoms with Gasteiger partial charge in [-0.1, -0.05) is 19.9 Å². The molecule has 5 nitrogen and oxygen atoms in total. The first-order valence-electron chi connectivity index (χ1n) is 8.23. The topological polar surface area (TPSA) is 51.0 Å². The van der Waals surface area contributed by atoms with Crippen LogP contribution in [-0.2, 0) is 19.5 Å². The molecule has 23 heavy (non-hydrogen) atoms. The van der Waals surface area contributed by atoms with E-state index in [-0.39, 0.29) is 5.91 Å². The number of fused-ring (bicyclic) bond motifs is 1. The largest absolute Gasteiger partial charge is 0.329 e. The van der Waals surface area contributed by atoms with Crippen LogP contribution in [0.1, 0.15) is 47.0 Å². The zero-order valence-electron chi connectivity index (χ0n) is 14.3. The van der Waals surface area contributed by atoms with Crippen molar-refractivity contribution < 1.29 is 4.79 Å². The lowest BCUT2D eigenvalue weighted by atomic mass is 10.1. The molecule has 2 aromatic rings. The van der Waals surface area contributed by atoms with Gasteiger partial charge in [0.2, 0.25) is 0 Å². The molecule has 1 aliphatic rings. The molecule has 0 unspecified atom stereocenters. The lowest BCUT2D eigenvalue weighted by Crippen LogP contribution is -2.38. The summed E-state index contributed by atoms with van der Waals surface area (Å²) in [5.41, 5.74) is 3.11. The second-order valence-corrected chi connectivity index (χ2v) is 6.81. The second-order valence-electron chi connectivity index (χ2n) is 6.81. The molecule has 0 saturated heterocycles. The van der Waals surface area contributed by atoms with Gasteiger partial charge in [0.05, 0.1) is 6.54 Å². The highest BCUT2D eigenvalue weighted by molar-refractivity contribution is 5.94. The molecule has 5 heteroatoms. The van der Waals surface area contributed by atoms with Crippen LogP contribution in [-0.4, -0.2) is 32.1 Å². The van der Waals surface area contributed by atoms with E-state index in [2.05, 4.69) is 35.5 Å². The van der Waals surface area contributed by atoms with Crippen LogP contribution < -0.4 is 0 Å². The summed E-state index contributed by atoms with van der Waals surface area (Å²) in [7, 11) is 0. The highest BCUT2D eigenvalue weighted by atomic mass is 16.2. The van der Waals surface area contributed by atoms with Gasteiger partial charge in [-0.3, -0.25) is 4.79 Å². The molecule has 0 spiro atoms. The Morgan fingerprint density at radius 1 is 1.17 bits per heavy atom. The molecular formula is C18H24N4O. The van der Waals surface area contributed by atoms with Gasteiger partial charge >= 0.3 is 0 Å². The molecule has 0 fully saturated rings. The summed E-state index contributed by atoms with van der Waals surface area (Å²) >= 11 is 0. The van der Waals surface area contributed by atoms with Gasteiger partial charge in [0.15, 0.2) is 5.82 Å². The fourth-order valence-electron chi connectivity index (χ4n) is 2.96. The Morgan fingerprint density at radius 3 is 2.65 bits per heavy atom. The maximum absolute atomic E-state index is 12.7. The van der Waals surface area contributed by atoms with Crippen LogP contribution in [0.4, 0.5) is 0 Å². The Balaban J connectivity index is 1.77. The molecule has 2 heterocycles. The minimum Gasteiger partial charge on any atom is -0.329 e. The molecule has 0 bridgehead atoms. The van der Waals surface area contributed by atoms with Crippen molar-refractivity contribution in [3.8, 4) is 0 Å². The number of aryl methyl sites for hydroxylation is 2. The third-order valence-electron chi connectivity index (χ3n) is 4.46. The fraction of sp³-hybridized carbons (Fsp3) is 0.500. The fourth-order valence-corrected chi connectivity index (χ4v) is 2.96. The standard InChI is InChI=1S/C18H24N4O/c1-12(2)9-16-19-20-17-11-21(7-8-22(16)17)18(23)15-6-5-13(3)14(4)10-15/h5-6,10,12H,7-9,11H2,1-4H3. The van der Waals surface area contributed by atoms with Crippen molar-refractivity contribution in [3.05, 3.63) is 46.5 Å². The summed E-state index contributed by atoms with van der Waals surface area (Å²) in [6, 6.07) is 5.89. The molecule has 0 N–H and O–H groups in total. The number of nitrogens with zero attached hydrogens (tertiary/aromatic N) is 4. The molecule has 122 valence electrons. The summed E-state index contributed by atoms with van der Waals surface area (Å²) < 4.78 is 2.17. The Labute approximate surface area is 137 Å². The van der Waals surface area contributed by atoms with Crippen LogP contribution in [0, 0.1) is 19.8 Å². The predicted molar refractivity (Wildman–Crippen MR) is 89.2 cm³/mol. The van der Waals surface area contributed by atoms with E-state index in [0.717, 1.165) is 35.7 Å². The molecule has 0 saturated carbocycles. The number of benzene rings is 1. The minimum atomic E-state index is 0.0766. The molecule has 1 aliphatic heterocycles. The zero-order valence-corrected chi connectivity index (χ0v) is 14.3. The van der Waals surface area contributed by atoms with E-state index in [1.54, 1.807) is 0 Å². The van der Waals surface area contributed by atoms with Crippen LogP contribution in [0.2, 0.25) is 0 Å². The first-order valence-corrected chi connectivity index (χ1v) is 8.23. The van der Waals surface area contributed by atoms with Gasteiger partial charge in [-0.2, -0.15) is 0 Å². The number of carbonyl (C=O) groups excluding carboxylic acids is 1. The lowest BCUT2D eigenvalue weighted by Gasteiger charge is -2.28. The molecule has 0 radical (unpaired) electrons. The van der Waals surface area contributed by atoms with E-state index < -0.39 is 0 Å². The van der Waals surface area contributed by atoms with E-state index in [4.69, 9.17) is 0 Å². The summed E-state index contributed by atoms with van der Waals surface area (Å²) in [4.78, 5) is 14.6. The maximum Gasteiger partial charge on any atom is 0.254 e. The minimum absolute atomic E-state index is 0.0766. The third kappa shape index (κ3) is 3.14. The van der Waals surface area contributed by atoms with E-state index in [1.807, 2.05) is 30.0 Å². The lowest BCUT2D eigenvalue weighted by molar-refractivity contribution is 0.0706. The van der Waals surface area contributed by atoms with Crippen molar-refractivity contribution >= 4 is 5.91 Å². The third-order valence-corrected chi connectivity index (χ3v) is 4.46. The van der Waals surface area contributed by atoms with Crippen molar-refractivity contribution in [3.63, 3.8) is 0 Å². The highest BCUT2D eigenvalue weighted by Crippen LogP contribution is 2.18. The van der Waals surface area contributed by atoms with Gasteiger partial charge in [-0.05, 0) is 43.0 Å². The molecule has 0 aliphatic carbocycles. The van der Waals surface area contributed by atoms with Crippen LogP contribution >= 0.6 is 0 Å². The number of rotatable bonds is 3. The van der Waals surface area contributed by atoms with Gasteiger partial charge in [-0.15, -0.1) is 10.2 Å². The Kier molecular flexibility index (Phi) is 4.20. The molecular weight excluding hydrogens is 288 g/mol. The smallest absolute Gasteiger partial charge is 0.254 e. The number of aromatic nitrogens is 3. The molecule has 1 aromatic carbocycles. The average Bonchev–Trinajstić information content (AvgIpc) is 2.91. The first-order chi connectivity index (χ1) is 11.0. The van der Waals surface area contributed by atoms with Gasteiger partial charge in [-0.25, -0.2) is 0 Å². The van der Waals surface area contributed by atoms with Gasteiger partial charge in [0.25, 0.3) is 5.91 Å². The van der Waals surface area contributed by atoms with Crippen molar-refractivity contribution in [2.24, 2.45) is 5.92 Å². The Bertz CT molecular complexity index is 733. The van der Waals surface area contributed by atoms with Gasteiger partial charge in [0.1, 0.15) is 5.82 Å². The van der Waals surface area contributed by atoms with Crippen LogP contribution in [0.5, 0.6) is 0 Å². The molecule has 1 aromatic heterocycles. The zero-order chi connectivity index (χ0) is 16.6. The molecule has 3 rings (SSSR count). The number of hydrogen-bond donors (Lipinski definition) is 0. The van der Waals surface area contributed by atoms with E-state index in [1.165, 1.54) is 5.56 Å². The first kappa shape index (κ1) is 15.7. The Hall–Kier alpha value is -2.17. The monoisotopic (exact) mass is 312 g/mol. The van der Waals surface area contributed by atoms with Crippen LogP contribution in [0.25, 0.3) is 0 Å². The van der Waals surface area contributed by atoms with Crippen molar-refractivity contribution in [1.82, 2.24) is 19.7 Å². The van der Waals surface area contributed by atoms with Crippen LogP contribution in [0.3, 0.4) is 0 Å². The molecule has 0 atom stereocenters.